The number of rotatable bonds is 6. The molecule has 5 nitrogen and oxygen atoms in total. The van der Waals surface area contributed by atoms with Crippen molar-refractivity contribution in [1.29, 1.82) is 0 Å². The van der Waals surface area contributed by atoms with Crippen LogP contribution in [0.2, 0.25) is 10.0 Å². The summed E-state index contributed by atoms with van der Waals surface area (Å²) < 4.78 is 1.79. The van der Waals surface area contributed by atoms with E-state index in [1.54, 1.807) is 35.2 Å². The van der Waals surface area contributed by atoms with E-state index in [1.165, 1.54) is 0 Å². The van der Waals surface area contributed by atoms with Crippen LogP contribution in [0.3, 0.4) is 0 Å². The fourth-order valence-electron chi connectivity index (χ4n) is 3.19. The number of halogens is 2. The number of hydrogen-bond acceptors (Lipinski definition) is 3. The van der Waals surface area contributed by atoms with Gasteiger partial charge in [-0.15, -0.1) is 0 Å². The number of benzene rings is 3. The average molecular weight is 463 g/mol. The third-order valence-electron chi connectivity index (χ3n) is 4.87. The molecule has 0 radical (unpaired) electrons. The molecule has 0 unspecified atom stereocenters. The Hall–Kier alpha value is -3.41. The van der Waals surface area contributed by atoms with Crippen LogP contribution in [0.1, 0.15) is 27.0 Å². The monoisotopic (exact) mass is 462 g/mol. The van der Waals surface area contributed by atoms with Gasteiger partial charge >= 0.3 is 0 Å². The van der Waals surface area contributed by atoms with Crippen LogP contribution in [0.15, 0.2) is 84.1 Å². The quantitative estimate of drug-likeness (QED) is 0.283. The number of carbonyl (C=O) groups excluding carboxylic acids is 1. The fourth-order valence-corrected chi connectivity index (χ4v) is 3.66. The maximum atomic E-state index is 12.3. The number of hydrazone groups is 1. The summed E-state index contributed by atoms with van der Waals surface area (Å²) in [5.41, 5.74) is 7.58. The summed E-state index contributed by atoms with van der Waals surface area (Å²) in [5, 5.41) is 10.0. The van der Waals surface area contributed by atoms with E-state index in [1.807, 2.05) is 61.7 Å². The molecule has 4 rings (SSSR count). The Morgan fingerprint density at radius 2 is 1.81 bits per heavy atom. The molecule has 1 aromatic heterocycles. The number of aryl methyl sites for hydroxylation is 1. The van der Waals surface area contributed by atoms with E-state index in [0.29, 0.717) is 22.2 Å². The Bertz CT molecular complexity index is 1270. The first-order chi connectivity index (χ1) is 15.5. The molecule has 0 saturated heterocycles. The predicted octanol–water partition coefficient (Wildman–Crippen LogP) is 5.98. The first-order valence-electron chi connectivity index (χ1n) is 9.96. The molecule has 0 saturated carbocycles. The van der Waals surface area contributed by atoms with Crippen molar-refractivity contribution in [3.8, 4) is 11.3 Å². The number of amides is 1. The third-order valence-corrected chi connectivity index (χ3v) is 5.46. The van der Waals surface area contributed by atoms with Gasteiger partial charge in [-0.1, -0.05) is 77.3 Å². The van der Waals surface area contributed by atoms with Crippen LogP contribution in [-0.2, 0) is 6.54 Å². The van der Waals surface area contributed by atoms with Gasteiger partial charge in [-0.2, -0.15) is 10.2 Å². The summed E-state index contributed by atoms with van der Waals surface area (Å²) in [5.74, 6) is -0.275. The number of aromatic nitrogens is 2. The lowest BCUT2D eigenvalue weighted by Gasteiger charge is -2.05. The van der Waals surface area contributed by atoms with Crippen LogP contribution < -0.4 is 5.43 Å². The molecular formula is C25H20Cl2N4O. The van der Waals surface area contributed by atoms with E-state index in [2.05, 4.69) is 10.5 Å². The van der Waals surface area contributed by atoms with E-state index in [4.69, 9.17) is 28.3 Å². The second kappa shape index (κ2) is 9.81. The molecule has 4 aromatic rings. The highest BCUT2D eigenvalue weighted by molar-refractivity contribution is 6.35. The van der Waals surface area contributed by atoms with Crippen molar-refractivity contribution in [1.82, 2.24) is 15.2 Å². The van der Waals surface area contributed by atoms with Gasteiger partial charge < -0.3 is 0 Å². The van der Waals surface area contributed by atoms with Crippen LogP contribution in [0, 0.1) is 6.92 Å². The zero-order valence-corrected chi connectivity index (χ0v) is 18.8. The smallest absolute Gasteiger partial charge is 0.267 e. The number of carbonyl (C=O) groups is 1. The van der Waals surface area contributed by atoms with E-state index in [-0.39, 0.29) is 5.91 Å². The number of nitrogens with zero attached hydrogens (tertiary/aromatic N) is 3. The fraction of sp³-hybridized carbons (Fsp3) is 0.0800. The van der Waals surface area contributed by atoms with E-state index in [9.17, 15) is 4.79 Å². The number of nitrogens with one attached hydrogen (secondary N) is 1. The molecule has 1 heterocycles. The minimum absolute atomic E-state index is 0.275. The zero-order valence-electron chi connectivity index (χ0n) is 17.3. The highest BCUT2D eigenvalue weighted by atomic mass is 35.5. The van der Waals surface area contributed by atoms with Crippen molar-refractivity contribution in [3.63, 3.8) is 0 Å². The Balaban J connectivity index is 1.59. The van der Waals surface area contributed by atoms with Crippen molar-refractivity contribution in [2.24, 2.45) is 5.10 Å². The Labute approximate surface area is 196 Å². The molecule has 0 bridgehead atoms. The van der Waals surface area contributed by atoms with Crippen molar-refractivity contribution in [2.75, 3.05) is 0 Å². The van der Waals surface area contributed by atoms with Gasteiger partial charge in [0, 0.05) is 32.9 Å². The van der Waals surface area contributed by atoms with E-state index >= 15 is 0 Å². The Morgan fingerprint density at radius 3 is 2.53 bits per heavy atom. The lowest BCUT2D eigenvalue weighted by atomic mass is 10.1. The van der Waals surface area contributed by atoms with Crippen LogP contribution in [0.5, 0.6) is 0 Å². The predicted molar refractivity (Wildman–Crippen MR) is 129 cm³/mol. The van der Waals surface area contributed by atoms with Gasteiger partial charge in [0.2, 0.25) is 0 Å². The summed E-state index contributed by atoms with van der Waals surface area (Å²) in [6.45, 7) is 2.44. The summed E-state index contributed by atoms with van der Waals surface area (Å²) in [6.07, 6.45) is 3.47. The molecule has 0 spiro atoms. The topological polar surface area (TPSA) is 59.3 Å². The second-order valence-electron chi connectivity index (χ2n) is 7.30. The lowest BCUT2D eigenvalue weighted by molar-refractivity contribution is 0.0955. The van der Waals surface area contributed by atoms with E-state index < -0.39 is 0 Å². The minimum Gasteiger partial charge on any atom is -0.267 e. The van der Waals surface area contributed by atoms with Crippen LogP contribution in [0.4, 0.5) is 0 Å². The van der Waals surface area contributed by atoms with Crippen LogP contribution in [0.25, 0.3) is 11.3 Å². The molecule has 0 aliphatic rings. The standard InChI is InChI=1S/C25H20Cl2N4O/c1-17-7-9-19(10-8-17)25(32)29-28-14-21-16-31(15-20-11-12-22(26)13-23(20)27)30-24(21)18-5-3-2-4-6-18/h2-14,16H,15H2,1H3,(H,29,32). The van der Waals surface area contributed by atoms with Gasteiger partial charge in [0.15, 0.2) is 0 Å². The summed E-state index contributed by atoms with van der Waals surface area (Å²) in [6, 6.07) is 22.5. The molecule has 7 heteroatoms. The minimum atomic E-state index is -0.275. The first-order valence-corrected chi connectivity index (χ1v) is 10.7. The van der Waals surface area contributed by atoms with Crippen molar-refractivity contribution in [2.45, 2.75) is 13.5 Å². The molecular weight excluding hydrogens is 443 g/mol. The van der Waals surface area contributed by atoms with Crippen molar-refractivity contribution < 1.29 is 4.79 Å². The second-order valence-corrected chi connectivity index (χ2v) is 8.14. The summed E-state index contributed by atoms with van der Waals surface area (Å²) in [4.78, 5) is 12.3. The molecule has 0 aliphatic carbocycles. The largest absolute Gasteiger partial charge is 0.271 e. The Morgan fingerprint density at radius 1 is 1.06 bits per heavy atom. The maximum Gasteiger partial charge on any atom is 0.271 e. The van der Waals surface area contributed by atoms with E-state index in [0.717, 1.165) is 27.9 Å². The molecule has 1 N–H and O–H groups in total. The zero-order chi connectivity index (χ0) is 22.5. The van der Waals surface area contributed by atoms with Gasteiger partial charge in [-0.25, -0.2) is 5.43 Å². The first kappa shape index (κ1) is 21.8. The molecule has 160 valence electrons. The van der Waals surface area contributed by atoms with Crippen molar-refractivity contribution >= 4 is 35.3 Å². The molecule has 32 heavy (non-hydrogen) atoms. The van der Waals surface area contributed by atoms with Crippen molar-refractivity contribution in [3.05, 3.63) is 111 Å². The normalized spacial score (nSPS) is 11.1. The van der Waals surface area contributed by atoms with Gasteiger partial charge in [0.25, 0.3) is 5.91 Å². The highest BCUT2D eigenvalue weighted by Gasteiger charge is 2.12. The molecule has 3 aromatic carbocycles. The molecule has 1 amide bonds. The van der Waals surface area contributed by atoms with Crippen LogP contribution >= 0.6 is 23.2 Å². The van der Waals surface area contributed by atoms with Crippen LogP contribution in [-0.4, -0.2) is 21.9 Å². The number of hydrogen-bond donors (Lipinski definition) is 1. The molecule has 0 fully saturated rings. The van der Waals surface area contributed by atoms with Gasteiger partial charge in [-0.3, -0.25) is 9.48 Å². The Kier molecular flexibility index (Phi) is 6.69. The molecule has 0 atom stereocenters. The third kappa shape index (κ3) is 5.25. The highest BCUT2D eigenvalue weighted by Crippen LogP contribution is 2.24. The maximum absolute atomic E-state index is 12.3. The summed E-state index contributed by atoms with van der Waals surface area (Å²) >= 11 is 12.3. The average Bonchev–Trinajstić information content (AvgIpc) is 3.19. The summed E-state index contributed by atoms with van der Waals surface area (Å²) in [7, 11) is 0. The van der Waals surface area contributed by atoms with Gasteiger partial charge in [0.05, 0.1) is 12.8 Å². The lowest BCUT2D eigenvalue weighted by Crippen LogP contribution is -2.17. The van der Waals surface area contributed by atoms with Gasteiger partial charge in [0.1, 0.15) is 5.69 Å². The SMILES string of the molecule is Cc1ccc(C(=O)NN=Cc2cn(Cc3ccc(Cl)cc3Cl)nc2-c2ccccc2)cc1. The van der Waals surface area contributed by atoms with Gasteiger partial charge in [-0.05, 0) is 36.8 Å². The molecule has 0 aliphatic heterocycles.